The van der Waals surface area contributed by atoms with Crippen molar-refractivity contribution in [1.29, 1.82) is 0 Å². The maximum absolute atomic E-state index is 12.5. The number of rotatable bonds is 5. The van der Waals surface area contributed by atoms with Crippen molar-refractivity contribution in [3.8, 4) is 0 Å². The molecule has 0 unspecified atom stereocenters. The number of hydrogen-bond acceptors (Lipinski definition) is 2. The van der Waals surface area contributed by atoms with Crippen LogP contribution >= 0.6 is 11.6 Å². The van der Waals surface area contributed by atoms with E-state index in [-0.39, 0.29) is 29.7 Å². The summed E-state index contributed by atoms with van der Waals surface area (Å²) in [6, 6.07) is 7.46. The standard InChI is InChI=1S/C17H23ClN2O2/c1-4-20-10-13(9-15(20)21)17(22)19-16(11(2)3)12-5-7-14(18)8-6-12/h5-8,11,13,16H,4,9-10H2,1-3H3,(H,19,22)/t13-,16-/m1/s1. The average Bonchev–Trinajstić information content (AvgIpc) is 2.86. The van der Waals surface area contributed by atoms with E-state index in [0.717, 1.165) is 5.56 Å². The molecule has 0 spiro atoms. The number of carbonyl (C=O) groups excluding carboxylic acids is 2. The lowest BCUT2D eigenvalue weighted by Gasteiger charge is -2.24. The molecule has 22 heavy (non-hydrogen) atoms. The van der Waals surface area contributed by atoms with Gasteiger partial charge in [-0.1, -0.05) is 37.6 Å². The molecule has 5 heteroatoms. The molecule has 0 aromatic heterocycles. The summed E-state index contributed by atoms with van der Waals surface area (Å²) in [5.41, 5.74) is 1.03. The van der Waals surface area contributed by atoms with Crippen molar-refractivity contribution in [2.24, 2.45) is 11.8 Å². The van der Waals surface area contributed by atoms with Gasteiger partial charge in [-0.25, -0.2) is 0 Å². The first kappa shape index (κ1) is 16.8. The van der Waals surface area contributed by atoms with E-state index in [4.69, 9.17) is 11.6 Å². The Balaban J connectivity index is 2.07. The topological polar surface area (TPSA) is 49.4 Å². The molecule has 1 aliphatic rings. The van der Waals surface area contributed by atoms with Crippen LogP contribution in [0.1, 0.15) is 38.8 Å². The summed E-state index contributed by atoms with van der Waals surface area (Å²) >= 11 is 5.92. The molecule has 0 saturated carbocycles. The molecule has 1 aliphatic heterocycles. The molecule has 0 bridgehead atoms. The van der Waals surface area contributed by atoms with Crippen molar-refractivity contribution in [1.82, 2.24) is 10.2 Å². The maximum atomic E-state index is 12.5. The van der Waals surface area contributed by atoms with Crippen molar-refractivity contribution in [3.63, 3.8) is 0 Å². The van der Waals surface area contributed by atoms with Crippen LogP contribution < -0.4 is 5.32 Å². The van der Waals surface area contributed by atoms with Crippen molar-refractivity contribution < 1.29 is 9.59 Å². The minimum atomic E-state index is -0.249. The molecule has 1 fully saturated rings. The van der Waals surface area contributed by atoms with Crippen molar-refractivity contribution in [2.45, 2.75) is 33.2 Å². The predicted molar refractivity (Wildman–Crippen MR) is 87.5 cm³/mol. The lowest BCUT2D eigenvalue weighted by atomic mass is 9.95. The number of halogens is 1. The van der Waals surface area contributed by atoms with E-state index < -0.39 is 0 Å². The molecule has 1 aromatic carbocycles. The van der Waals surface area contributed by atoms with Crippen molar-refractivity contribution in [2.75, 3.05) is 13.1 Å². The summed E-state index contributed by atoms with van der Waals surface area (Å²) in [5.74, 6) is 0.0266. The van der Waals surface area contributed by atoms with Crippen LogP contribution in [0, 0.1) is 11.8 Å². The monoisotopic (exact) mass is 322 g/mol. The number of carbonyl (C=O) groups is 2. The number of benzene rings is 1. The third-order valence-corrected chi connectivity index (χ3v) is 4.41. The van der Waals surface area contributed by atoms with Gasteiger partial charge < -0.3 is 10.2 Å². The Hall–Kier alpha value is -1.55. The summed E-state index contributed by atoms with van der Waals surface area (Å²) in [7, 11) is 0. The van der Waals surface area contributed by atoms with Crippen LogP contribution in [0.3, 0.4) is 0 Å². The fourth-order valence-electron chi connectivity index (χ4n) is 2.83. The highest BCUT2D eigenvalue weighted by Crippen LogP contribution is 2.25. The highest BCUT2D eigenvalue weighted by Gasteiger charge is 2.34. The fourth-order valence-corrected chi connectivity index (χ4v) is 2.96. The van der Waals surface area contributed by atoms with E-state index in [1.807, 2.05) is 31.2 Å². The van der Waals surface area contributed by atoms with Gasteiger partial charge in [0.1, 0.15) is 0 Å². The van der Waals surface area contributed by atoms with Crippen LogP contribution in [-0.2, 0) is 9.59 Å². The second-order valence-corrected chi connectivity index (χ2v) is 6.55. The molecule has 2 amide bonds. The van der Waals surface area contributed by atoms with Gasteiger partial charge in [0.15, 0.2) is 0 Å². The molecule has 4 nitrogen and oxygen atoms in total. The summed E-state index contributed by atoms with van der Waals surface area (Å²) < 4.78 is 0. The molecule has 0 radical (unpaired) electrons. The number of amides is 2. The second-order valence-electron chi connectivity index (χ2n) is 6.12. The Morgan fingerprint density at radius 2 is 2.00 bits per heavy atom. The van der Waals surface area contributed by atoms with Gasteiger partial charge in [-0.05, 0) is 30.5 Å². The lowest BCUT2D eigenvalue weighted by Crippen LogP contribution is -2.37. The van der Waals surface area contributed by atoms with Gasteiger partial charge in [0.25, 0.3) is 0 Å². The van der Waals surface area contributed by atoms with Crippen molar-refractivity contribution in [3.05, 3.63) is 34.9 Å². The molecule has 2 rings (SSSR count). The number of hydrogen-bond donors (Lipinski definition) is 1. The van der Waals surface area contributed by atoms with E-state index in [0.29, 0.717) is 24.5 Å². The highest BCUT2D eigenvalue weighted by molar-refractivity contribution is 6.30. The zero-order valence-corrected chi connectivity index (χ0v) is 14.1. The minimum absolute atomic E-state index is 0.0436. The first-order chi connectivity index (χ1) is 10.4. The summed E-state index contributed by atoms with van der Waals surface area (Å²) in [4.78, 5) is 26.0. The van der Waals surface area contributed by atoms with E-state index in [1.165, 1.54) is 0 Å². The molecule has 120 valence electrons. The third-order valence-electron chi connectivity index (χ3n) is 4.16. The second kappa shape index (κ2) is 7.14. The Morgan fingerprint density at radius 1 is 1.36 bits per heavy atom. The Morgan fingerprint density at radius 3 is 2.50 bits per heavy atom. The molecule has 1 heterocycles. The van der Waals surface area contributed by atoms with Gasteiger partial charge in [0.05, 0.1) is 12.0 Å². The number of likely N-dealkylation sites (tertiary alicyclic amines) is 1. The normalized spacial score (nSPS) is 19.6. The van der Waals surface area contributed by atoms with Crippen LogP contribution in [0.2, 0.25) is 5.02 Å². The molecule has 0 aliphatic carbocycles. The van der Waals surface area contributed by atoms with Gasteiger partial charge >= 0.3 is 0 Å². The van der Waals surface area contributed by atoms with E-state index in [9.17, 15) is 9.59 Å². The quantitative estimate of drug-likeness (QED) is 0.906. The Bertz CT molecular complexity index is 542. The molecular formula is C17H23ClN2O2. The van der Waals surface area contributed by atoms with Crippen LogP contribution in [0.4, 0.5) is 0 Å². The molecule has 1 aromatic rings. The molecular weight excluding hydrogens is 300 g/mol. The Labute approximate surface area is 136 Å². The molecule has 1 N–H and O–H groups in total. The third kappa shape index (κ3) is 3.80. The highest BCUT2D eigenvalue weighted by atomic mass is 35.5. The minimum Gasteiger partial charge on any atom is -0.349 e. The van der Waals surface area contributed by atoms with Gasteiger partial charge in [0.2, 0.25) is 11.8 Å². The van der Waals surface area contributed by atoms with Crippen LogP contribution in [-0.4, -0.2) is 29.8 Å². The van der Waals surface area contributed by atoms with Crippen molar-refractivity contribution >= 4 is 23.4 Å². The SMILES string of the molecule is CCN1C[C@H](C(=O)N[C@@H](c2ccc(Cl)cc2)C(C)C)CC1=O. The van der Waals surface area contributed by atoms with Gasteiger partial charge in [-0.2, -0.15) is 0 Å². The van der Waals surface area contributed by atoms with E-state index in [1.54, 1.807) is 4.90 Å². The van der Waals surface area contributed by atoms with E-state index >= 15 is 0 Å². The number of nitrogens with zero attached hydrogens (tertiary/aromatic N) is 1. The summed E-state index contributed by atoms with van der Waals surface area (Å²) in [6.45, 7) is 7.25. The molecule has 2 atom stereocenters. The summed E-state index contributed by atoms with van der Waals surface area (Å²) in [5, 5.41) is 3.78. The predicted octanol–water partition coefficient (Wildman–Crippen LogP) is 3.02. The first-order valence-electron chi connectivity index (χ1n) is 7.76. The average molecular weight is 323 g/mol. The first-order valence-corrected chi connectivity index (χ1v) is 8.13. The Kier molecular flexibility index (Phi) is 5.46. The summed E-state index contributed by atoms with van der Waals surface area (Å²) in [6.07, 6.45) is 0.311. The van der Waals surface area contributed by atoms with Gasteiger partial charge in [-0.3, -0.25) is 9.59 Å². The molecule has 1 saturated heterocycles. The zero-order chi connectivity index (χ0) is 16.3. The van der Waals surface area contributed by atoms with Crippen LogP contribution in [0.15, 0.2) is 24.3 Å². The van der Waals surface area contributed by atoms with Gasteiger partial charge in [-0.15, -0.1) is 0 Å². The zero-order valence-electron chi connectivity index (χ0n) is 13.3. The largest absolute Gasteiger partial charge is 0.349 e. The van der Waals surface area contributed by atoms with E-state index in [2.05, 4.69) is 19.2 Å². The van der Waals surface area contributed by atoms with Gasteiger partial charge in [0, 0.05) is 24.5 Å². The smallest absolute Gasteiger partial charge is 0.225 e. The van der Waals surface area contributed by atoms with Crippen LogP contribution in [0.5, 0.6) is 0 Å². The lowest BCUT2D eigenvalue weighted by molar-refractivity contribution is -0.129. The number of nitrogens with one attached hydrogen (secondary N) is 1. The maximum Gasteiger partial charge on any atom is 0.225 e. The fraction of sp³-hybridized carbons (Fsp3) is 0.529. The van der Waals surface area contributed by atoms with Crippen LogP contribution in [0.25, 0.3) is 0 Å².